The van der Waals surface area contributed by atoms with Crippen molar-refractivity contribution in [2.45, 2.75) is 25.3 Å². The molecule has 5 heteroatoms. The molecule has 0 saturated carbocycles. The maximum absolute atomic E-state index is 12.6. The number of ether oxygens (including phenoxy) is 1. The minimum Gasteiger partial charge on any atom is -0.383 e. The summed E-state index contributed by atoms with van der Waals surface area (Å²) in [7, 11) is 5.70. The van der Waals surface area contributed by atoms with Gasteiger partial charge in [-0.15, -0.1) is 0 Å². The van der Waals surface area contributed by atoms with Crippen LogP contribution < -0.4 is 5.32 Å². The van der Waals surface area contributed by atoms with Crippen molar-refractivity contribution in [1.29, 1.82) is 0 Å². The largest absolute Gasteiger partial charge is 0.383 e. The second-order valence-corrected chi connectivity index (χ2v) is 6.44. The Balaban J connectivity index is 1.90. The second kappa shape index (κ2) is 8.89. The Morgan fingerprint density at radius 1 is 1.22 bits per heavy atom. The second-order valence-electron chi connectivity index (χ2n) is 6.44. The molecule has 0 unspecified atom stereocenters. The van der Waals surface area contributed by atoms with Crippen LogP contribution in [0.3, 0.4) is 0 Å². The smallest absolute Gasteiger partial charge is 0.317 e. The molecule has 0 heterocycles. The van der Waals surface area contributed by atoms with Gasteiger partial charge in [0, 0.05) is 32.8 Å². The predicted octanol–water partition coefficient (Wildman–Crippen LogP) is 1.76. The Morgan fingerprint density at radius 3 is 2.65 bits per heavy atom. The number of fused-ring (bicyclic) bond motifs is 1. The Kier molecular flexibility index (Phi) is 6.86. The summed E-state index contributed by atoms with van der Waals surface area (Å²) >= 11 is 0. The molecule has 1 aliphatic rings. The van der Waals surface area contributed by atoms with E-state index in [1.807, 2.05) is 19.0 Å². The van der Waals surface area contributed by atoms with Gasteiger partial charge >= 0.3 is 6.03 Å². The summed E-state index contributed by atoms with van der Waals surface area (Å²) in [6.45, 7) is 2.75. The highest BCUT2D eigenvalue weighted by Crippen LogP contribution is 2.21. The quantitative estimate of drug-likeness (QED) is 0.833. The molecule has 0 spiro atoms. The van der Waals surface area contributed by atoms with Gasteiger partial charge in [-0.3, -0.25) is 0 Å². The zero-order valence-electron chi connectivity index (χ0n) is 14.5. The summed E-state index contributed by atoms with van der Waals surface area (Å²) in [5.74, 6) is 0. The molecule has 1 aliphatic carbocycles. The number of rotatable bonds is 7. The highest BCUT2D eigenvalue weighted by molar-refractivity contribution is 5.74. The summed E-state index contributed by atoms with van der Waals surface area (Å²) < 4.78 is 5.13. The van der Waals surface area contributed by atoms with Crippen molar-refractivity contribution in [3.63, 3.8) is 0 Å². The summed E-state index contributed by atoms with van der Waals surface area (Å²) in [4.78, 5) is 16.5. The third-order valence-electron chi connectivity index (χ3n) is 4.34. The van der Waals surface area contributed by atoms with E-state index < -0.39 is 0 Å². The lowest BCUT2D eigenvalue weighted by Gasteiger charge is -2.30. The molecule has 0 bridgehead atoms. The number of amides is 2. The van der Waals surface area contributed by atoms with Crippen molar-refractivity contribution in [1.82, 2.24) is 15.1 Å². The van der Waals surface area contributed by atoms with Crippen molar-refractivity contribution >= 4 is 6.03 Å². The summed E-state index contributed by atoms with van der Waals surface area (Å²) in [5, 5.41) is 3.21. The number of hydrogen-bond donors (Lipinski definition) is 1. The van der Waals surface area contributed by atoms with E-state index >= 15 is 0 Å². The van der Waals surface area contributed by atoms with E-state index in [9.17, 15) is 4.79 Å². The first-order chi connectivity index (χ1) is 11.1. The van der Waals surface area contributed by atoms with Crippen LogP contribution in [0.2, 0.25) is 0 Å². The van der Waals surface area contributed by atoms with Crippen molar-refractivity contribution in [3.05, 3.63) is 35.4 Å². The number of likely N-dealkylation sites (N-methyl/N-ethyl adjacent to an activating group) is 1. The van der Waals surface area contributed by atoms with Crippen molar-refractivity contribution in [3.8, 4) is 0 Å². The van der Waals surface area contributed by atoms with Gasteiger partial charge < -0.3 is 19.9 Å². The number of nitrogens with zero attached hydrogens (tertiary/aromatic N) is 2. The Morgan fingerprint density at radius 2 is 1.96 bits per heavy atom. The lowest BCUT2D eigenvalue weighted by Crippen LogP contribution is -2.49. The maximum Gasteiger partial charge on any atom is 0.317 e. The minimum atomic E-state index is 0.0216. The van der Waals surface area contributed by atoms with Gasteiger partial charge in [0.15, 0.2) is 0 Å². The van der Waals surface area contributed by atoms with Crippen LogP contribution >= 0.6 is 0 Å². The molecular weight excluding hydrogens is 290 g/mol. The highest BCUT2D eigenvalue weighted by Gasteiger charge is 2.22. The topological polar surface area (TPSA) is 44.8 Å². The first-order valence-electron chi connectivity index (χ1n) is 8.36. The maximum atomic E-state index is 12.6. The first-order valence-corrected chi connectivity index (χ1v) is 8.36. The molecule has 1 N–H and O–H groups in total. The lowest BCUT2D eigenvalue weighted by atomic mass is 9.88. The van der Waals surface area contributed by atoms with Crippen LogP contribution in [0.1, 0.15) is 17.5 Å². The van der Waals surface area contributed by atoms with Gasteiger partial charge in [-0.1, -0.05) is 24.3 Å². The van der Waals surface area contributed by atoms with Crippen LogP contribution in [0.15, 0.2) is 24.3 Å². The molecule has 0 saturated heterocycles. The molecular formula is C18H29N3O2. The zero-order chi connectivity index (χ0) is 16.7. The van der Waals surface area contributed by atoms with Gasteiger partial charge in [-0.25, -0.2) is 4.79 Å². The number of carbonyl (C=O) groups is 1. The van der Waals surface area contributed by atoms with Crippen LogP contribution in [-0.2, 0) is 17.6 Å². The van der Waals surface area contributed by atoms with Crippen molar-refractivity contribution in [2.24, 2.45) is 0 Å². The minimum absolute atomic E-state index is 0.0216. The highest BCUT2D eigenvalue weighted by atomic mass is 16.5. The summed E-state index contributed by atoms with van der Waals surface area (Å²) in [6, 6.07) is 8.77. The van der Waals surface area contributed by atoms with Gasteiger partial charge in [0.1, 0.15) is 0 Å². The normalized spacial score (nSPS) is 17.0. The summed E-state index contributed by atoms with van der Waals surface area (Å²) in [6.07, 6.45) is 2.97. The third kappa shape index (κ3) is 5.52. The number of aryl methyl sites for hydroxylation is 1. The van der Waals surface area contributed by atoms with Gasteiger partial charge in [-0.05, 0) is 44.5 Å². The molecule has 2 rings (SSSR count). The Bertz CT molecular complexity index is 505. The van der Waals surface area contributed by atoms with Crippen LogP contribution in [-0.4, -0.2) is 69.3 Å². The number of urea groups is 1. The molecule has 5 nitrogen and oxygen atoms in total. The van der Waals surface area contributed by atoms with Crippen LogP contribution in [0.4, 0.5) is 4.79 Å². The van der Waals surface area contributed by atoms with Crippen LogP contribution in [0.25, 0.3) is 0 Å². The average molecular weight is 319 g/mol. The number of nitrogens with one attached hydrogen (secondary N) is 1. The van der Waals surface area contributed by atoms with Crippen molar-refractivity contribution < 1.29 is 9.53 Å². The molecule has 0 fully saturated rings. The lowest BCUT2D eigenvalue weighted by molar-refractivity contribution is 0.143. The van der Waals surface area contributed by atoms with Crippen molar-refractivity contribution in [2.75, 3.05) is 47.4 Å². The number of hydrogen-bond acceptors (Lipinski definition) is 3. The van der Waals surface area contributed by atoms with Gasteiger partial charge in [0.2, 0.25) is 0 Å². The molecule has 0 aromatic heterocycles. The molecule has 128 valence electrons. The fourth-order valence-electron chi connectivity index (χ4n) is 2.92. The summed E-state index contributed by atoms with van der Waals surface area (Å²) in [5.41, 5.74) is 2.78. The van der Waals surface area contributed by atoms with Gasteiger partial charge in [-0.2, -0.15) is 0 Å². The van der Waals surface area contributed by atoms with E-state index in [4.69, 9.17) is 4.74 Å². The standard InChI is InChI=1S/C18H29N3O2/c1-20(2)10-11-21(12-13-23-3)18(22)19-17-9-8-15-6-4-5-7-16(15)14-17/h4-7,17H,8-14H2,1-3H3,(H,19,22)/t17-/m1/s1. The van der Waals surface area contributed by atoms with E-state index in [1.54, 1.807) is 7.11 Å². The van der Waals surface area contributed by atoms with Crippen LogP contribution in [0, 0.1) is 0 Å². The van der Waals surface area contributed by atoms with Crippen LogP contribution in [0.5, 0.6) is 0 Å². The molecule has 23 heavy (non-hydrogen) atoms. The van der Waals surface area contributed by atoms with E-state index in [0.29, 0.717) is 19.7 Å². The molecule has 1 aromatic carbocycles. The average Bonchev–Trinajstić information content (AvgIpc) is 2.54. The number of carbonyl (C=O) groups excluding carboxylic acids is 1. The number of methoxy groups -OCH3 is 1. The number of benzene rings is 1. The zero-order valence-corrected chi connectivity index (χ0v) is 14.5. The van der Waals surface area contributed by atoms with E-state index in [1.165, 1.54) is 11.1 Å². The van der Waals surface area contributed by atoms with E-state index in [-0.39, 0.29) is 12.1 Å². The predicted molar refractivity (Wildman–Crippen MR) is 92.8 cm³/mol. The third-order valence-corrected chi connectivity index (χ3v) is 4.34. The van der Waals surface area contributed by atoms with E-state index in [2.05, 4.69) is 34.5 Å². The SMILES string of the molecule is COCCN(CCN(C)C)C(=O)N[C@@H]1CCc2ccccc2C1. The Labute approximate surface area is 139 Å². The molecule has 0 radical (unpaired) electrons. The monoisotopic (exact) mass is 319 g/mol. The van der Waals surface area contributed by atoms with Gasteiger partial charge in [0.05, 0.1) is 6.61 Å². The van der Waals surface area contributed by atoms with E-state index in [0.717, 1.165) is 25.8 Å². The fraction of sp³-hybridized carbons (Fsp3) is 0.611. The van der Waals surface area contributed by atoms with Gasteiger partial charge in [0.25, 0.3) is 0 Å². The first kappa shape index (κ1) is 17.8. The molecule has 1 aromatic rings. The fourth-order valence-corrected chi connectivity index (χ4v) is 2.92. The molecule has 0 aliphatic heterocycles. The molecule has 2 amide bonds. The Hall–Kier alpha value is -1.59. The molecule has 1 atom stereocenters.